The van der Waals surface area contributed by atoms with E-state index in [4.69, 9.17) is 16.3 Å². The summed E-state index contributed by atoms with van der Waals surface area (Å²) < 4.78 is 4.89. The summed E-state index contributed by atoms with van der Waals surface area (Å²) in [5.74, 6) is -2.35. The molecule has 3 rings (SSSR count). The molecule has 0 aromatic heterocycles. The number of allylic oxidation sites excluding steroid dienone is 1. The lowest BCUT2D eigenvalue weighted by Crippen LogP contribution is -2.32. The summed E-state index contributed by atoms with van der Waals surface area (Å²) in [6, 6.07) is 16.2. The predicted octanol–water partition coefficient (Wildman–Crippen LogP) is 4.75. The second-order valence-electron chi connectivity index (χ2n) is 5.92. The van der Waals surface area contributed by atoms with E-state index in [1.54, 1.807) is 24.3 Å². The number of Topliss-reactive ketones (excluding diaryl/α,β-unsaturated/α-hetero) is 1. The van der Waals surface area contributed by atoms with Crippen LogP contribution in [0.4, 0.5) is 0 Å². The predicted molar refractivity (Wildman–Crippen MR) is 101 cm³/mol. The Labute approximate surface area is 160 Å². The van der Waals surface area contributed by atoms with Crippen molar-refractivity contribution in [1.29, 1.82) is 0 Å². The van der Waals surface area contributed by atoms with E-state index in [1.165, 1.54) is 7.11 Å². The van der Waals surface area contributed by atoms with Crippen LogP contribution in [-0.2, 0) is 14.3 Å². The maximum atomic E-state index is 12.7. The standard InChI is InChI=1S/C20H17ClO4S/c1-25-20(24)17-15(12-5-3-2-4-6-12)11-16(22)19(18(17)23)26-14-9-7-13(21)8-10-14/h2-10,15,17,23H,11H2,1H3/t15-,17-/m1/s1. The Kier molecular flexibility index (Phi) is 5.69. The van der Waals surface area contributed by atoms with Crippen molar-refractivity contribution in [3.05, 3.63) is 75.8 Å². The highest BCUT2D eigenvalue weighted by molar-refractivity contribution is 8.04. The number of hydrogen-bond acceptors (Lipinski definition) is 5. The van der Waals surface area contributed by atoms with Gasteiger partial charge in [-0.1, -0.05) is 53.7 Å². The second-order valence-corrected chi connectivity index (χ2v) is 7.44. The van der Waals surface area contributed by atoms with Crippen LogP contribution in [0.1, 0.15) is 17.9 Å². The van der Waals surface area contributed by atoms with E-state index in [0.29, 0.717) is 5.02 Å². The molecule has 2 atom stereocenters. The molecule has 0 heterocycles. The number of methoxy groups -OCH3 is 1. The topological polar surface area (TPSA) is 63.6 Å². The minimum absolute atomic E-state index is 0.129. The van der Waals surface area contributed by atoms with Crippen molar-refractivity contribution < 1.29 is 19.4 Å². The monoisotopic (exact) mass is 388 g/mol. The quantitative estimate of drug-likeness (QED) is 0.766. The first kappa shape index (κ1) is 18.5. The average Bonchev–Trinajstić information content (AvgIpc) is 2.66. The Bertz CT molecular complexity index is 846. The molecule has 1 aliphatic rings. The minimum atomic E-state index is -0.907. The van der Waals surface area contributed by atoms with Crippen molar-refractivity contribution in [1.82, 2.24) is 0 Å². The molecule has 0 bridgehead atoms. The zero-order valence-electron chi connectivity index (χ0n) is 14.0. The van der Waals surface area contributed by atoms with Gasteiger partial charge in [0.25, 0.3) is 0 Å². The number of aliphatic hydroxyl groups excluding tert-OH is 1. The largest absolute Gasteiger partial charge is 0.510 e. The van der Waals surface area contributed by atoms with Crippen LogP contribution < -0.4 is 0 Å². The molecule has 1 N–H and O–H groups in total. The van der Waals surface area contributed by atoms with Crippen LogP contribution in [0.2, 0.25) is 5.02 Å². The zero-order chi connectivity index (χ0) is 18.7. The summed E-state index contributed by atoms with van der Waals surface area (Å²) in [7, 11) is 1.28. The molecule has 0 aliphatic heterocycles. The summed E-state index contributed by atoms with van der Waals surface area (Å²) in [6.07, 6.45) is 0.129. The summed E-state index contributed by atoms with van der Waals surface area (Å²) in [6.45, 7) is 0. The number of carbonyl (C=O) groups excluding carboxylic acids is 2. The first-order valence-electron chi connectivity index (χ1n) is 8.03. The van der Waals surface area contributed by atoms with Gasteiger partial charge in [-0.15, -0.1) is 0 Å². The van der Waals surface area contributed by atoms with E-state index in [2.05, 4.69) is 0 Å². The average molecular weight is 389 g/mol. The molecule has 6 heteroatoms. The third-order valence-electron chi connectivity index (χ3n) is 4.30. The van der Waals surface area contributed by atoms with Crippen LogP contribution >= 0.6 is 23.4 Å². The maximum Gasteiger partial charge on any atom is 0.317 e. The van der Waals surface area contributed by atoms with Gasteiger partial charge in [-0.25, -0.2) is 0 Å². The first-order chi connectivity index (χ1) is 12.5. The van der Waals surface area contributed by atoms with Crippen molar-refractivity contribution in [3.63, 3.8) is 0 Å². The Balaban J connectivity index is 2.00. The molecule has 0 saturated carbocycles. The molecule has 1 aliphatic carbocycles. The number of ether oxygens (including phenoxy) is 1. The van der Waals surface area contributed by atoms with E-state index >= 15 is 0 Å². The molecule has 2 aromatic carbocycles. The van der Waals surface area contributed by atoms with Gasteiger partial charge in [-0.3, -0.25) is 9.59 Å². The summed E-state index contributed by atoms with van der Waals surface area (Å²) >= 11 is 7.02. The van der Waals surface area contributed by atoms with E-state index in [1.807, 2.05) is 30.3 Å². The Hall–Kier alpha value is -2.24. The van der Waals surface area contributed by atoms with Gasteiger partial charge in [-0.2, -0.15) is 0 Å². The Morgan fingerprint density at radius 2 is 1.81 bits per heavy atom. The van der Waals surface area contributed by atoms with E-state index in [0.717, 1.165) is 22.2 Å². The Morgan fingerprint density at radius 3 is 2.42 bits per heavy atom. The molecule has 26 heavy (non-hydrogen) atoms. The molecular weight excluding hydrogens is 372 g/mol. The highest BCUT2D eigenvalue weighted by atomic mass is 35.5. The third-order valence-corrected chi connectivity index (χ3v) is 5.71. The molecule has 0 unspecified atom stereocenters. The lowest BCUT2D eigenvalue weighted by atomic mass is 9.77. The molecule has 4 nitrogen and oxygen atoms in total. The molecule has 0 amide bonds. The summed E-state index contributed by atoms with van der Waals surface area (Å²) in [4.78, 5) is 26.0. The molecule has 0 spiro atoms. The van der Waals surface area contributed by atoms with E-state index in [9.17, 15) is 14.7 Å². The smallest absolute Gasteiger partial charge is 0.317 e. The normalized spacial score (nSPS) is 20.2. The number of benzene rings is 2. The van der Waals surface area contributed by atoms with Crippen molar-refractivity contribution in [2.45, 2.75) is 17.2 Å². The highest BCUT2D eigenvalue weighted by Crippen LogP contribution is 2.44. The number of esters is 1. The fourth-order valence-corrected chi connectivity index (χ4v) is 4.09. The van der Waals surface area contributed by atoms with E-state index < -0.39 is 17.8 Å². The first-order valence-corrected chi connectivity index (χ1v) is 9.23. The van der Waals surface area contributed by atoms with Crippen molar-refractivity contribution in [2.24, 2.45) is 5.92 Å². The number of hydrogen-bond donors (Lipinski definition) is 1. The van der Waals surface area contributed by atoms with Gasteiger partial charge in [0.1, 0.15) is 11.7 Å². The fraction of sp³-hybridized carbons (Fsp3) is 0.200. The third kappa shape index (κ3) is 3.79. The van der Waals surface area contributed by atoms with Crippen LogP contribution in [-0.4, -0.2) is 24.0 Å². The number of aliphatic hydroxyl groups is 1. The fourth-order valence-electron chi connectivity index (χ4n) is 3.03. The van der Waals surface area contributed by atoms with Crippen LogP contribution in [0.25, 0.3) is 0 Å². The number of carbonyl (C=O) groups is 2. The lowest BCUT2D eigenvalue weighted by molar-refractivity contribution is -0.146. The number of thioether (sulfide) groups is 1. The molecule has 0 fully saturated rings. The minimum Gasteiger partial charge on any atom is -0.510 e. The summed E-state index contributed by atoms with van der Waals surface area (Å²) in [5, 5.41) is 11.3. The van der Waals surface area contributed by atoms with Crippen LogP contribution in [0.3, 0.4) is 0 Å². The van der Waals surface area contributed by atoms with Gasteiger partial charge in [0, 0.05) is 22.3 Å². The molecule has 2 aromatic rings. The van der Waals surface area contributed by atoms with Crippen LogP contribution in [0.15, 0.2) is 70.2 Å². The number of ketones is 1. The highest BCUT2D eigenvalue weighted by Gasteiger charge is 2.42. The lowest BCUT2D eigenvalue weighted by Gasteiger charge is -2.30. The number of halogens is 1. The Morgan fingerprint density at radius 1 is 1.15 bits per heavy atom. The SMILES string of the molecule is COC(=O)[C@H]1C(O)=C(Sc2ccc(Cl)cc2)C(=O)C[C@@H]1c1ccccc1. The van der Waals surface area contributed by atoms with Gasteiger partial charge in [0.05, 0.1) is 12.0 Å². The van der Waals surface area contributed by atoms with Crippen LogP contribution in [0, 0.1) is 5.92 Å². The molecule has 0 saturated heterocycles. The summed E-state index contributed by atoms with van der Waals surface area (Å²) in [5.41, 5.74) is 0.818. The number of rotatable bonds is 4. The molecular formula is C20H17ClO4S. The second kappa shape index (κ2) is 7.98. The zero-order valence-corrected chi connectivity index (χ0v) is 15.6. The van der Waals surface area contributed by atoms with Crippen molar-refractivity contribution in [2.75, 3.05) is 7.11 Å². The van der Waals surface area contributed by atoms with Gasteiger partial charge >= 0.3 is 5.97 Å². The van der Waals surface area contributed by atoms with Crippen molar-refractivity contribution in [3.8, 4) is 0 Å². The van der Waals surface area contributed by atoms with Gasteiger partial charge in [-0.05, 0) is 29.8 Å². The van der Waals surface area contributed by atoms with Crippen LogP contribution in [0.5, 0.6) is 0 Å². The molecule has 0 radical (unpaired) electrons. The van der Waals surface area contributed by atoms with Crippen molar-refractivity contribution >= 4 is 35.1 Å². The van der Waals surface area contributed by atoms with Gasteiger partial charge in [0.15, 0.2) is 5.78 Å². The van der Waals surface area contributed by atoms with Gasteiger partial charge < -0.3 is 9.84 Å². The molecule has 134 valence electrons. The van der Waals surface area contributed by atoms with E-state index in [-0.39, 0.29) is 22.9 Å². The maximum absolute atomic E-state index is 12.7. The van der Waals surface area contributed by atoms with Gasteiger partial charge in [0.2, 0.25) is 0 Å².